The van der Waals surface area contributed by atoms with Gasteiger partial charge in [-0.2, -0.15) is 18.3 Å². The number of imidazole rings is 1. The van der Waals surface area contributed by atoms with Crippen LogP contribution in [0.4, 0.5) is 19.0 Å². The standard InChI is InChI=1S/C24H29ClF3N7O/c1-6-7-35-11-13(12-35)30-22(36)19-20(24(26,27)28)31-18(34(19)5)10-29-21-14-8-15(23(2,3)4)16(25)9-17(14)32-33-21/h6-9,13H,10-12H2,1-5H3,(H,30,36)(H2,29,32,33). The van der Waals surface area contributed by atoms with Crippen molar-refractivity contribution in [1.29, 1.82) is 0 Å². The Morgan fingerprint density at radius 1 is 1.28 bits per heavy atom. The van der Waals surface area contributed by atoms with Crippen molar-refractivity contribution < 1.29 is 18.0 Å². The van der Waals surface area contributed by atoms with Crippen LogP contribution < -0.4 is 10.6 Å². The lowest BCUT2D eigenvalue weighted by Gasteiger charge is -2.38. The van der Waals surface area contributed by atoms with E-state index in [1.807, 2.05) is 50.9 Å². The van der Waals surface area contributed by atoms with Crippen LogP contribution in [0.15, 0.2) is 24.4 Å². The lowest BCUT2D eigenvalue weighted by molar-refractivity contribution is -0.141. The van der Waals surface area contributed by atoms with Gasteiger partial charge in [-0.05, 0) is 36.2 Å². The van der Waals surface area contributed by atoms with E-state index in [0.29, 0.717) is 29.4 Å². The van der Waals surface area contributed by atoms with E-state index < -0.39 is 23.5 Å². The van der Waals surface area contributed by atoms with Crippen molar-refractivity contribution in [2.75, 3.05) is 18.4 Å². The molecule has 0 saturated carbocycles. The Hall–Kier alpha value is -3.21. The smallest absolute Gasteiger partial charge is 0.373 e. The van der Waals surface area contributed by atoms with Crippen LogP contribution >= 0.6 is 11.6 Å². The fraction of sp³-hybridized carbons (Fsp3) is 0.458. The van der Waals surface area contributed by atoms with Crippen LogP contribution in [0.25, 0.3) is 10.9 Å². The number of aromatic nitrogens is 4. The molecule has 3 heterocycles. The Bertz CT molecular complexity index is 1310. The van der Waals surface area contributed by atoms with Gasteiger partial charge in [0.05, 0.1) is 18.1 Å². The fourth-order valence-corrected chi connectivity index (χ4v) is 4.71. The largest absolute Gasteiger partial charge is 0.435 e. The SMILES string of the molecule is CC=CN1CC(NC(=O)c2c(C(F)(F)F)nc(CNc3n[nH]c4cc(Cl)c(C(C)(C)C)cc34)n2C)C1. The van der Waals surface area contributed by atoms with Gasteiger partial charge in [0, 0.05) is 30.5 Å². The molecule has 0 radical (unpaired) electrons. The molecule has 194 valence electrons. The summed E-state index contributed by atoms with van der Waals surface area (Å²) in [4.78, 5) is 18.6. The first kappa shape index (κ1) is 25.9. The highest BCUT2D eigenvalue weighted by Crippen LogP contribution is 2.35. The predicted octanol–water partition coefficient (Wildman–Crippen LogP) is 4.83. The van der Waals surface area contributed by atoms with Gasteiger partial charge in [-0.1, -0.05) is 38.4 Å². The second-order valence-corrected chi connectivity index (χ2v) is 10.3. The number of benzene rings is 1. The van der Waals surface area contributed by atoms with Crippen molar-refractivity contribution in [3.63, 3.8) is 0 Å². The monoisotopic (exact) mass is 523 g/mol. The molecular formula is C24H29ClF3N7O. The molecule has 1 aliphatic rings. The van der Waals surface area contributed by atoms with E-state index >= 15 is 0 Å². The summed E-state index contributed by atoms with van der Waals surface area (Å²) in [6.45, 7) is 8.99. The van der Waals surface area contributed by atoms with Gasteiger partial charge in [0.25, 0.3) is 5.91 Å². The second-order valence-electron chi connectivity index (χ2n) is 9.94. The third-order valence-corrected chi connectivity index (χ3v) is 6.46. The molecule has 8 nitrogen and oxygen atoms in total. The number of alkyl halides is 3. The number of nitrogens with zero attached hydrogens (tertiary/aromatic N) is 4. The van der Waals surface area contributed by atoms with Crippen LogP contribution in [0.5, 0.6) is 0 Å². The zero-order valence-corrected chi connectivity index (χ0v) is 21.5. The maximum absolute atomic E-state index is 13.8. The van der Waals surface area contributed by atoms with Crippen molar-refractivity contribution in [2.45, 2.75) is 51.9 Å². The summed E-state index contributed by atoms with van der Waals surface area (Å²) in [5.74, 6) is -0.297. The number of rotatable bonds is 6. The molecule has 0 atom stereocenters. The summed E-state index contributed by atoms with van der Waals surface area (Å²) in [7, 11) is 1.40. The van der Waals surface area contributed by atoms with Crippen molar-refractivity contribution in [3.8, 4) is 0 Å². The van der Waals surface area contributed by atoms with E-state index in [1.54, 1.807) is 6.07 Å². The number of H-pyrrole nitrogens is 1. The number of likely N-dealkylation sites (tertiary alicyclic amines) is 1. The molecular weight excluding hydrogens is 495 g/mol. The van der Waals surface area contributed by atoms with Crippen molar-refractivity contribution >= 4 is 34.2 Å². The lowest BCUT2D eigenvalue weighted by atomic mass is 9.86. The predicted molar refractivity (Wildman–Crippen MR) is 133 cm³/mol. The maximum Gasteiger partial charge on any atom is 0.435 e. The zero-order chi connectivity index (χ0) is 26.4. The lowest BCUT2D eigenvalue weighted by Crippen LogP contribution is -2.57. The van der Waals surface area contributed by atoms with Gasteiger partial charge in [0.1, 0.15) is 11.5 Å². The molecule has 0 spiro atoms. The molecule has 3 N–H and O–H groups in total. The van der Waals surface area contributed by atoms with Crippen LogP contribution in [-0.4, -0.2) is 49.7 Å². The molecule has 4 rings (SSSR count). The molecule has 12 heteroatoms. The van der Waals surface area contributed by atoms with E-state index in [0.717, 1.165) is 10.9 Å². The second kappa shape index (κ2) is 9.34. The third-order valence-electron chi connectivity index (χ3n) is 6.15. The van der Waals surface area contributed by atoms with E-state index in [-0.39, 0.29) is 23.8 Å². The van der Waals surface area contributed by atoms with E-state index in [4.69, 9.17) is 11.6 Å². The highest BCUT2D eigenvalue weighted by Gasteiger charge is 2.41. The minimum atomic E-state index is -4.78. The summed E-state index contributed by atoms with van der Waals surface area (Å²) in [5, 5.41) is 14.2. The Balaban J connectivity index is 1.58. The molecule has 0 aliphatic carbocycles. The average molecular weight is 524 g/mol. The first-order valence-corrected chi connectivity index (χ1v) is 11.9. The highest BCUT2D eigenvalue weighted by molar-refractivity contribution is 6.32. The van der Waals surface area contributed by atoms with Gasteiger partial charge in [0.15, 0.2) is 11.5 Å². The quantitative estimate of drug-likeness (QED) is 0.431. The molecule has 0 bridgehead atoms. The summed E-state index contributed by atoms with van der Waals surface area (Å²) in [6.07, 6.45) is -1.05. The maximum atomic E-state index is 13.8. The molecule has 3 aromatic rings. The number of hydrogen-bond acceptors (Lipinski definition) is 5. The number of hydrogen-bond donors (Lipinski definition) is 3. The van der Waals surface area contributed by atoms with Gasteiger partial charge in [-0.3, -0.25) is 9.89 Å². The van der Waals surface area contributed by atoms with Crippen LogP contribution in [0.2, 0.25) is 5.02 Å². The molecule has 0 unspecified atom stereocenters. The topological polar surface area (TPSA) is 90.9 Å². The van der Waals surface area contributed by atoms with E-state index in [1.165, 1.54) is 11.6 Å². The number of aromatic amines is 1. The molecule has 36 heavy (non-hydrogen) atoms. The van der Waals surface area contributed by atoms with Gasteiger partial charge >= 0.3 is 6.18 Å². The number of carbonyl (C=O) groups is 1. The molecule has 1 aromatic carbocycles. The van der Waals surface area contributed by atoms with Crippen LogP contribution in [0.3, 0.4) is 0 Å². The van der Waals surface area contributed by atoms with Crippen LogP contribution in [0.1, 0.15) is 55.3 Å². The average Bonchev–Trinajstić information content (AvgIpc) is 3.29. The van der Waals surface area contributed by atoms with Gasteiger partial charge in [-0.15, -0.1) is 0 Å². The number of nitrogens with one attached hydrogen (secondary N) is 3. The number of anilines is 1. The van der Waals surface area contributed by atoms with E-state index in [9.17, 15) is 18.0 Å². The number of halogens is 4. The zero-order valence-electron chi connectivity index (χ0n) is 20.7. The molecule has 2 aromatic heterocycles. The van der Waals surface area contributed by atoms with Crippen molar-refractivity contribution in [3.05, 3.63) is 52.2 Å². The number of amides is 1. The van der Waals surface area contributed by atoms with Crippen molar-refractivity contribution in [2.24, 2.45) is 7.05 Å². The number of allylic oxidation sites excluding steroid dienone is 1. The Kier molecular flexibility index (Phi) is 6.72. The number of carbonyl (C=O) groups excluding carboxylic acids is 1. The summed E-state index contributed by atoms with van der Waals surface area (Å²) in [5.41, 5.74) is -0.331. The first-order chi connectivity index (χ1) is 16.8. The van der Waals surface area contributed by atoms with Crippen LogP contribution in [0, 0.1) is 0 Å². The molecule has 1 amide bonds. The Morgan fingerprint density at radius 3 is 2.58 bits per heavy atom. The number of fused-ring (bicyclic) bond motifs is 1. The highest BCUT2D eigenvalue weighted by atomic mass is 35.5. The normalized spacial score (nSPS) is 15.1. The van der Waals surface area contributed by atoms with Crippen LogP contribution in [-0.2, 0) is 25.2 Å². The summed E-state index contributed by atoms with van der Waals surface area (Å²) in [6, 6.07) is 3.46. The fourth-order valence-electron chi connectivity index (χ4n) is 4.26. The molecule has 1 fully saturated rings. The minimum absolute atomic E-state index is 0.0535. The van der Waals surface area contributed by atoms with Gasteiger partial charge < -0.3 is 20.1 Å². The van der Waals surface area contributed by atoms with Gasteiger partial charge in [-0.25, -0.2) is 4.98 Å². The van der Waals surface area contributed by atoms with Crippen molar-refractivity contribution in [1.82, 2.24) is 30.0 Å². The molecule has 1 aliphatic heterocycles. The Morgan fingerprint density at radius 2 is 1.97 bits per heavy atom. The minimum Gasteiger partial charge on any atom is -0.373 e. The van der Waals surface area contributed by atoms with E-state index in [2.05, 4.69) is 25.8 Å². The van der Waals surface area contributed by atoms with Gasteiger partial charge in [0.2, 0.25) is 0 Å². The summed E-state index contributed by atoms with van der Waals surface area (Å²) >= 11 is 6.43. The first-order valence-electron chi connectivity index (χ1n) is 11.5. The molecule has 1 saturated heterocycles. The summed E-state index contributed by atoms with van der Waals surface area (Å²) < 4.78 is 42.6. The third kappa shape index (κ3) is 5.02. The Labute approximate surface area is 211 Å².